The molecule has 0 aliphatic carbocycles. The van der Waals surface area contributed by atoms with E-state index in [0.717, 1.165) is 54.1 Å². The first kappa shape index (κ1) is 27.7. The molecule has 37 heavy (non-hydrogen) atoms. The molecule has 10 heteroatoms. The summed E-state index contributed by atoms with van der Waals surface area (Å²) in [6, 6.07) is 11.1. The lowest BCUT2D eigenvalue weighted by Gasteiger charge is -2.08. The number of allylic oxidation sites excluding steroid dienone is 1. The molecule has 3 rings (SSSR count). The number of unbranched alkanes of at least 4 members (excludes halogenated alkanes) is 1. The van der Waals surface area contributed by atoms with Crippen LogP contribution in [0.25, 0.3) is 0 Å². The molecular weight excluding hydrogens is 488 g/mol. The van der Waals surface area contributed by atoms with Gasteiger partial charge in [-0.2, -0.15) is 5.10 Å². The third-order valence-corrected chi connectivity index (χ3v) is 6.10. The first-order valence-electron chi connectivity index (χ1n) is 12.2. The summed E-state index contributed by atoms with van der Waals surface area (Å²) in [6.45, 7) is 7.85. The highest BCUT2D eigenvalue weighted by atomic mass is 32.1. The minimum absolute atomic E-state index is 0.0838. The van der Waals surface area contributed by atoms with E-state index in [1.807, 2.05) is 30.3 Å². The van der Waals surface area contributed by atoms with E-state index in [-0.39, 0.29) is 18.2 Å². The molecule has 0 spiro atoms. The van der Waals surface area contributed by atoms with Crippen LogP contribution < -0.4 is 15.4 Å². The molecule has 2 N–H and O–H groups in total. The number of hydrogen-bond donors (Lipinski definition) is 2. The van der Waals surface area contributed by atoms with E-state index in [9.17, 15) is 9.59 Å². The monoisotopic (exact) mass is 520 g/mol. The molecule has 2 heterocycles. The van der Waals surface area contributed by atoms with Crippen molar-refractivity contribution in [1.29, 1.82) is 0 Å². The molecule has 0 unspecified atom stereocenters. The first-order valence-corrected chi connectivity index (χ1v) is 13.1. The van der Waals surface area contributed by atoms with Crippen LogP contribution in [0.4, 0.5) is 10.9 Å². The number of carbonyl (C=O) groups is 2. The van der Waals surface area contributed by atoms with E-state index in [0.29, 0.717) is 30.4 Å². The molecule has 1 aromatic carbocycles. The number of nitrogens with zero attached hydrogens (tertiary/aromatic N) is 4. The number of carbonyl (C=O) groups excluding carboxylic acids is 2. The predicted molar refractivity (Wildman–Crippen MR) is 146 cm³/mol. The Hall–Kier alpha value is -3.92. The molecule has 0 saturated carbocycles. The molecule has 0 atom stereocenters. The Balaban J connectivity index is 1.36. The molecule has 9 nitrogen and oxygen atoms in total. The molecule has 3 aromatic rings. The summed E-state index contributed by atoms with van der Waals surface area (Å²) in [6.07, 6.45) is 8.89. The molecule has 2 amide bonds. The van der Waals surface area contributed by atoms with Gasteiger partial charge in [0.05, 0.1) is 18.7 Å². The smallest absolute Gasteiger partial charge is 0.229 e. The predicted octanol–water partition coefficient (Wildman–Crippen LogP) is 4.93. The lowest BCUT2D eigenvalue weighted by molar-refractivity contribution is -0.116. The van der Waals surface area contributed by atoms with Crippen LogP contribution in [0.2, 0.25) is 0 Å². The van der Waals surface area contributed by atoms with Crippen molar-refractivity contribution in [3.63, 3.8) is 0 Å². The number of ether oxygens (including phenoxy) is 1. The maximum absolute atomic E-state index is 12.4. The standard InChI is InChI=1S/C27H32N6O3S/c1-3-5-13-24(34)29-27-33-32-26(37-27)14-8-7-11-21-15-16-23(31-30-21)28-25(35)19-20-10-9-12-22(18-20)36-17-6-4-2/h3-4,9-10,12,15-16,18H,1-2,5-8,11,13-14,17,19H2,(H,28,31,35)(H,29,33,34). The second-order valence-corrected chi connectivity index (χ2v) is 9.35. The van der Waals surface area contributed by atoms with Gasteiger partial charge in [-0.3, -0.25) is 9.59 Å². The quantitative estimate of drug-likeness (QED) is 0.203. The van der Waals surface area contributed by atoms with Gasteiger partial charge in [-0.25, -0.2) is 0 Å². The Labute approximate surface area is 221 Å². The van der Waals surface area contributed by atoms with Gasteiger partial charge in [0.15, 0.2) is 5.82 Å². The maximum atomic E-state index is 12.4. The van der Waals surface area contributed by atoms with Gasteiger partial charge in [0.2, 0.25) is 16.9 Å². The van der Waals surface area contributed by atoms with Gasteiger partial charge < -0.3 is 15.4 Å². The average molecular weight is 521 g/mol. The van der Waals surface area contributed by atoms with Gasteiger partial charge in [0.25, 0.3) is 0 Å². The van der Waals surface area contributed by atoms with E-state index < -0.39 is 0 Å². The topological polar surface area (TPSA) is 119 Å². The zero-order chi connectivity index (χ0) is 26.3. The highest BCUT2D eigenvalue weighted by Crippen LogP contribution is 2.18. The maximum Gasteiger partial charge on any atom is 0.229 e. The van der Waals surface area contributed by atoms with Crippen LogP contribution in [0.15, 0.2) is 61.7 Å². The first-order chi connectivity index (χ1) is 18.1. The Morgan fingerprint density at radius 2 is 1.76 bits per heavy atom. The number of aryl methyl sites for hydroxylation is 2. The van der Waals surface area contributed by atoms with Crippen LogP contribution in [-0.2, 0) is 28.9 Å². The molecule has 2 aromatic heterocycles. The molecule has 0 aliphatic heterocycles. The highest BCUT2D eigenvalue weighted by molar-refractivity contribution is 7.15. The van der Waals surface area contributed by atoms with Gasteiger partial charge in [0, 0.05) is 12.8 Å². The Morgan fingerprint density at radius 3 is 2.54 bits per heavy atom. The van der Waals surface area contributed by atoms with E-state index >= 15 is 0 Å². The van der Waals surface area contributed by atoms with Crippen molar-refractivity contribution in [2.24, 2.45) is 0 Å². The average Bonchev–Trinajstić information content (AvgIpc) is 3.33. The Bertz CT molecular complexity index is 1180. The largest absolute Gasteiger partial charge is 0.493 e. The number of aromatic nitrogens is 4. The Kier molecular flexibility index (Phi) is 11.4. The summed E-state index contributed by atoms with van der Waals surface area (Å²) in [5.41, 5.74) is 1.71. The molecule has 0 saturated heterocycles. The summed E-state index contributed by atoms with van der Waals surface area (Å²) in [7, 11) is 0. The van der Waals surface area contributed by atoms with E-state index in [2.05, 4.69) is 44.2 Å². The van der Waals surface area contributed by atoms with Crippen molar-refractivity contribution >= 4 is 34.1 Å². The van der Waals surface area contributed by atoms with Gasteiger partial charge in [-0.15, -0.1) is 28.5 Å². The molecule has 0 fully saturated rings. The van der Waals surface area contributed by atoms with Crippen LogP contribution >= 0.6 is 11.3 Å². The minimum Gasteiger partial charge on any atom is -0.493 e. The van der Waals surface area contributed by atoms with Gasteiger partial charge in [0.1, 0.15) is 10.8 Å². The van der Waals surface area contributed by atoms with Gasteiger partial charge >= 0.3 is 0 Å². The molecular formula is C27H32N6O3S. The lowest BCUT2D eigenvalue weighted by Crippen LogP contribution is -2.16. The van der Waals surface area contributed by atoms with Crippen LogP contribution in [0.3, 0.4) is 0 Å². The third-order valence-electron chi connectivity index (χ3n) is 5.20. The fourth-order valence-electron chi connectivity index (χ4n) is 3.34. The summed E-state index contributed by atoms with van der Waals surface area (Å²) in [5.74, 6) is 0.899. The van der Waals surface area contributed by atoms with E-state index in [1.54, 1.807) is 18.2 Å². The van der Waals surface area contributed by atoms with Crippen LogP contribution in [0.1, 0.15) is 48.4 Å². The van der Waals surface area contributed by atoms with Crippen molar-refractivity contribution in [2.45, 2.75) is 51.4 Å². The third kappa shape index (κ3) is 10.3. The van der Waals surface area contributed by atoms with Crippen molar-refractivity contribution in [1.82, 2.24) is 20.4 Å². The van der Waals surface area contributed by atoms with Crippen LogP contribution in [0.5, 0.6) is 5.75 Å². The molecule has 0 aliphatic rings. The van der Waals surface area contributed by atoms with E-state index in [4.69, 9.17) is 4.74 Å². The normalized spacial score (nSPS) is 10.5. The second-order valence-electron chi connectivity index (χ2n) is 8.29. The molecule has 194 valence electrons. The van der Waals surface area contributed by atoms with Crippen molar-refractivity contribution in [3.05, 3.63) is 78.0 Å². The van der Waals surface area contributed by atoms with Crippen LogP contribution in [0, 0.1) is 0 Å². The minimum atomic E-state index is -0.168. The van der Waals surface area contributed by atoms with E-state index in [1.165, 1.54) is 11.3 Å². The number of hydrogen-bond acceptors (Lipinski definition) is 8. The summed E-state index contributed by atoms with van der Waals surface area (Å²) in [5, 5.41) is 23.5. The number of anilines is 2. The SMILES string of the molecule is C=CCCOc1cccc(CC(=O)Nc2ccc(CCCCc3nnc(NC(=O)CCC=C)s3)nn2)c1. The van der Waals surface area contributed by atoms with Crippen LogP contribution in [-0.4, -0.2) is 38.8 Å². The zero-order valence-electron chi connectivity index (χ0n) is 20.8. The highest BCUT2D eigenvalue weighted by Gasteiger charge is 2.09. The summed E-state index contributed by atoms with van der Waals surface area (Å²) in [4.78, 5) is 24.2. The molecule has 0 bridgehead atoms. The number of amides is 2. The molecule has 0 radical (unpaired) electrons. The number of rotatable bonds is 16. The summed E-state index contributed by atoms with van der Waals surface area (Å²) >= 11 is 1.40. The number of benzene rings is 1. The van der Waals surface area contributed by atoms with Crippen molar-refractivity contribution in [3.8, 4) is 5.75 Å². The van der Waals surface area contributed by atoms with Gasteiger partial charge in [-0.1, -0.05) is 35.6 Å². The fourth-order valence-corrected chi connectivity index (χ4v) is 4.14. The number of nitrogens with one attached hydrogen (secondary N) is 2. The lowest BCUT2D eigenvalue weighted by atomic mass is 10.1. The van der Waals surface area contributed by atoms with Crippen molar-refractivity contribution < 1.29 is 14.3 Å². The Morgan fingerprint density at radius 1 is 0.919 bits per heavy atom. The second kappa shape index (κ2) is 15.2. The zero-order valence-corrected chi connectivity index (χ0v) is 21.6. The van der Waals surface area contributed by atoms with Gasteiger partial charge in [-0.05, 0) is 61.9 Å². The fraction of sp³-hybridized carbons (Fsp3) is 0.333. The summed E-state index contributed by atoms with van der Waals surface area (Å²) < 4.78 is 5.64. The van der Waals surface area contributed by atoms with Crippen molar-refractivity contribution in [2.75, 3.05) is 17.2 Å².